The van der Waals surface area contributed by atoms with Crippen molar-refractivity contribution >= 4 is 61.0 Å². The van der Waals surface area contributed by atoms with Crippen LogP contribution >= 0.6 is 55.1 Å². The fraction of sp³-hybridized carbons (Fsp3) is 0.133. The third-order valence-corrected chi connectivity index (χ3v) is 4.62. The summed E-state index contributed by atoms with van der Waals surface area (Å²) < 4.78 is 12.2. The molecule has 7 heteroatoms. The highest BCUT2D eigenvalue weighted by Gasteiger charge is 2.11. The minimum atomic E-state index is -0.550. The molecule has 3 nitrogen and oxygen atoms in total. The first-order valence-corrected chi connectivity index (χ1v) is 8.45. The van der Waals surface area contributed by atoms with Crippen LogP contribution in [0.3, 0.4) is 0 Å². The van der Waals surface area contributed by atoms with Crippen LogP contribution in [0.25, 0.3) is 0 Å². The Morgan fingerprint density at radius 2 is 1.77 bits per heavy atom. The fourth-order valence-corrected chi connectivity index (χ4v) is 3.20. The number of hydrogen-bond donors (Lipinski definition) is 0. The average Bonchev–Trinajstić information content (AvgIpc) is 2.43. The maximum Gasteiger partial charge on any atom is 0.349 e. The van der Waals surface area contributed by atoms with Crippen molar-refractivity contribution in [2.24, 2.45) is 0 Å². The van der Waals surface area contributed by atoms with E-state index < -0.39 is 5.97 Å². The van der Waals surface area contributed by atoms with Crippen LogP contribution in [0, 0.1) is 6.92 Å². The molecule has 2 aromatic rings. The van der Waals surface area contributed by atoms with Crippen LogP contribution in [0.1, 0.15) is 5.56 Å². The maximum absolute atomic E-state index is 11.8. The number of ether oxygens (including phenoxy) is 2. The summed E-state index contributed by atoms with van der Waals surface area (Å²) in [6, 6.07) is 8.44. The molecule has 0 aliphatic carbocycles. The van der Waals surface area contributed by atoms with Crippen molar-refractivity contribution < 1.29 is 14.3 Å². The van der Waals surface area contributed by atoms with Crippen molar-refractivity contribution in [2.75, 3.05) is 6.61 Å². The smallest absolute Gasteiger partial charge is 0.349 e. The molecule has 0 aliphatic rings. The number of esters is 1. The average molecular weight is 469 g/mol. The lowest BCUT2D eigenvalue weighted by atomic mass is 10.2. The minimum Gasteiger partial charge on any atom is -0.481 e. The van der Waals surface area contributed by atoms with Gasteiger partial charge < -0.3 is 9.47 Å². The Bertz CT molecular complexity index is 697. The molecule has 0 radical (unpaired) electrons. The van der Waals surface area contributed by atoms with Crippen molar-refractivity contribution in [3.05, 3.63) is 54.9 Å². The van der Waals surface area contributed by atoms with Gasteiger partial charge in [-0.25, -0.2) is 4.79 Å². The number of hydrogen-bond acceptors (Lipinski definition) is 3. The Balaban J connectivity index is 1.99. The molecule has 0 spiro atoms. The molecule has 0 heterocycles. The van der Waals surface area contributed by atoms with Crippen molar-refractivity contribution in [3.8, 4) is 11.5 Å². The summed E-state index contributed by atoms with van der Waals surface area (Å²) in [5.41, 5.74) is 0.734. The van der Waals surface area contributed by atoms with Crippen molar-refractivity contribution in [1.29, 1.82) is 0 Å². The van der Waals surface area contributed by atoms with Crippen LogP contribution in [0.5, 0.6) is 11.5 Å². The monoisotopic (exact) mass is 466 g/mol. The zero-order chi connectivity index (χ0) is 16.3. The number of halogens is 4. The Labute approximate surface area is 154 Å². The molecule has 0 amide bonds. The molecule has 22 heavy (non-hydrogen) atoms. The lowest BCUT2D eigenvalue weighted by Crippen LogP contribution is -2.17. The molecule has 0 N–H and O–H groups in total. The molecule has 0 aliphatic heterocycles. The van der Waals surface area contributed by atoms with Crippen molar-refractivity contribution in [3.63, 3.8) is 0 Å². The van der Waals surface area contributed by atoms with Gasteiger partial charge in [-0.2, -0.15) is 0 Å². The van der Waals surface area contributed by atoms with Crippen LogP contribution in [0.15, 0.2) is 39.3 Å². The maximum atomic E-state index is 11.8. The number of benzene rings is 2. The van der Waals surface area contributed by atoms with E-state index in [-0.39, 0.29) is 12.4 Å². The van der Waals surface area contributed by atoms with E-state index >= 15 is 0 Å². The Morgan fingerprint density at radius 3 is 2.36 bits per heavy atom. The van der Waals surface area contributed by atoms with E-state index in [1.165, 1.54) is 12.1 Å². The van der Waals surface area contributed by atoms with Gasteiger partial charge >= 0.3 is 5.97 Å². The molecule has 116 valence electrons. The third-order valence-electron chi connectivity index (χ3n) is 2.73. The molecule has 0 fully saturated rings. The van der Waals surface area contributed by atoms with Crippen LogP contribution in [0.2, 0.25) is 10.0 Å². The normalized spacial score (nSPS) is 10.4. The largest absolute Gasteiger partial charge is 0.481 e. The van der Waals surface area contributed by atoms with Crippen LogP contribution < -0.4 is 9.47 Å². The second kappa shape index (κ2) is 7.68. The molecule has 2 aromatic carbocycles. The van der Waals surface area contributed by atoms with Gasteiger partial charge in [0.1, 0.15) is 11.5 Å². The van der Waals surface area contributed by atoms with Gasteiger partial charge in [0.15, 0.2) is 6.61 Å². The zero-order valence-electron chi connectivity index (χ0n) is 11.3. The van der Waals surface area contributed by atoms with Crippen molar-refractivity contribution in [2.45, 2.75) is 6.92 Å². The lowest BCUT2D eigenvalue weighted by Gasteiger charge is -2.10. The SMILES string of the molecule is Cc1c(Cl)cc(OC(=O)COc2ccc(Br)cc2Br)cc1Cl. The molecule has 0 unspecified atom stereocenters. The fourth-order valence-electron chi connectivity index (χ4n) is 1.57. The first kappa shape index (κ1) is 17.6. The van der Waals surface area contributed by atoms with Gasteiger partial charge in [-0.05, 0) is 58.7 Å². The van der Waals surface area contributed by atoms with Crippen LogP contribution in [0.4, 0.5) is 0 Å². The highest BCUT2D eigenvalue weighted by Crippen LogP contribution is 2.30. The van der Waals surface area contributed by atoms with Gasteiger partial charge in [-0.3, -0.25) is 0 Å². The van der Waals surface area contributed by atoms with E-state index in [0.717, 1.165) is 14.5 Å². The van der Waals surface area contributed by atoms with Crippen LogP contribution in [-0.2, 0) is 4.79 Å². The summed E-state index contributed by atoms with van der Waals surface area (Å²) in [7, 11) is 0. The van der Waals surface area contributed by atoms with Gasteiger partial charge in [-0.1, -0.05) is 39.1 Å². The van der Waals surface area contributed by atoms with E-state index in [0.29, 0.717) is 15.8 Å². The van der Waals surface area contributed by atoms with Gasteiger partial charge in [0, 0.05) is 14.5 Å². The summed E-state index contributed by atoms with van der Waals surface area (Å²) in [5.74, 6) is 0.273. The standard InChI is InChI=1S/C15H10Br2Cl2O3/c1-8-12(18)5-10(6-13(8)19)22-15(20)7-21-14-3-2-9(16)4-11(14)17/h2-6H,7H2,1H3. The van der Waals surface area contributed by atoms with E-state index in [4.69, 9.17) is 32.7 Å². The molecule has 0 aromatic heterocycles. The molecule has 0 atom stereocenters. The summed E-state index contributed by atoms with van der Waals surface area (Å²) in [4.78, 5) is 11.8. The van der Waals surface area contributed by atoms with Crippen molar-refractivity contribution in [1.82, 2.24) is 0 Å². The first-order chi connectivity index (χ1) is 10.4. The van der Waals surface area contributed by atoms with E-state index in [9.17, 15) is 4.79 Å². The predicted octanol–water partition coefficient (Wildman–Crippen LogP) is 5.81. The minimum absolute atomic E-state index is 0.233. The second-order valence-corrected chi connectivity index (χ2v) is 6.93. The summed E-state index contributed by atoms with van der Waals surface area (Å²) in [6.45, 7) is 1.55. The van der Waals surface area contributed by atoms with Gasteiger partial charge in [0.2, 0.25) is 0 Å². The van der Waals surface area contributed by atoms with E-state index in [1.54, 1.807) is 13.0 Å². The summed E-state index contributed by atoms with van der Waals surface area (Å²) in [6.07, 6.45) is 0. The number of rotatable bonds is 4. The predicted molar refractivity (Wildman–Crippen MR) is 94.2 cm³/mol. The van der Waals surface area contributed by atoms with Gasteiger partial charge in [0.25, 0.3) is 0 Å². The van der Waals surface area contributed by atoms with Gasteiger partial charge in [0.05, 0.1) is 4.47 Å². The molecular formula is C15H10Br2Cl2O3. The topological polar surface area (TPSA) is 35.5 Å². The molecule has 2 rings (SSSR count). The Hall–Kier alpha value is -0.750. The number of carbonyl (C=O) groups is 1. The highest BCUT2D eigenvalue weighted by molar-refractivity contribution is 9.11. The first-order valence-electron chi connectivity index (χ1n) is 6.11. The third kappa shape index (κ3) is 4.62. The molecule has 0 saturated heterocycles. The molecule has 0 bridgehead atoms. The van der Waals surface area contributed by atoms with E-state index in [1.807, 2.05) is 12.1 Å². The van der Waals surface area contributed by atoms with E-state index in [2.05, 4.69) is 31.9 Å². The zero-order valence-corrected chi connectivity index (χ0v) is 16.0. The van der Waals surface area contributed by atoms with Gasteiger partial charge in [-0.15, -0.1) is 0 Å². The summed E-state index contributed by atoms with van der Waals surface area (Å²) >= 11 is 18.7. The van der Waals surface area contributed by atoms with Crippen LogP contribution in [-0.4, -0.2) is 12.6 Å². The Kier molecular flexibility index (Phi) is 6.15. The highest BCUT2D eigenvalue weighted by atomic mass is 79.9. The lowest BCUT2D eigenvalue weighted by molar-refractivity contribution is -0.136. The molecule has 0 saturated carbocycles. The quantitative estimate of drug-likeness (QED) is 0.419. The Morgan fingerprint density at radius 1 is 1.14 bits per heavy atom. The summed E-state index contributed by atoms with van der Waals surface area (Å²) in [5, 5.41) is 0.874. The second-order valence-electron chi connectivity index (χ2n) is 4.35. The number of carbonyl (C=O) groups excluding carboxylic acids is 1. The molecular weight excluding hydrogens is 459 g/mol.